The second kappa shape index (κ2) is 54.3. The quantitative estimate of drug-likeness (QED) is 0.0195. The first-order valence-electron chi connectivity index (χ1n) is 30.8. The number of carbonyl (C=O) groups excluding carboxylic acids is 3. The Balaban J connectivity index is 3.89. The summed E-state index contributed by atoms with van der Waals surface area (Å²) in [6.45, 7) is 4.74. The summed E-state index contributed by atoms with van der Waals surface area (Å²) >= 11 is 0. The van der Waals surface area contributed by atoms with Gasteiger partial charge in [-0.3, -0.25) is 9.59 Å². The standard InChI is InChI=1S/C62H119NO8/c1-6-8-10-12-14-16-18-19-20-21-22-23-24-25-26-27-28-29-30-31-32-33-34-35-36-37-38-39-40-41-43-44-46-48-50-52-59(64)69-56-58(57-70-62(61(66)67)68-55-54-63(3,4)5)71-60(65)53-51-49-47-45-42-17-15-13-11-9-7-2/h13,15,58,62H,6-12,14,16-57H2,1-5H3/b15-13-. The van der Waals surface area contributed by atoms with Gasteiger partial charge in [0, 0.05) is 12.8 Å². The van der Waals surface area contributed by atoms with Crippen LogP contribution in [0.2, 0.25) is 0 Å². The van der Waals surface area contributed by atoms with E-state index in [1.807, 2.05) is 21.1 Å². The van der Waals surface area contributed by atoms with Crippen molar-refractivity contribution in [2.75, 3.05) is 47.5 Å². The van der Waals surface area contributed by atoms with Crippen LogP contribution in [0.1, 0.15) is 309 Å². The van der Waals surface area contributed by atoms with Gasteiger partial charge in [0.1, 0.15) is 13.2 Å². The first-order valence-corrected chi connectivity index (χ1v) is 30.8. The molecular formula is C62H119NO8. The first-order chi connectivity index (χ1) is 34.6. The molecule has 0 rings (SSSR count). The summed E-state index contributed by atoms with van der Waals surface area (Å²) in [7, 11) is 5.92. The van der Waals surface area contributed by atoms with Gasteiger partial charge in [-0.15, -0.1) is 0 Å². The highest BCUT2D eigenvalue weighted by Crippen LogP contribution is 2.18. The molecule has 2 atom stereocenters. The van der Waals surface area contributed by atoms with Gasteiger partial charge in [0.2, 0.25) is 0 Å². The Kier molecular flexibility index (Phi) is 52.8. The molecule has 0 N–H and O–H groups in total. The molecular weight excluding hydrogens is 887 g/mol. The van der Waals surface area contributed by atoms with Crippen molar-refractivity contribution in [1.29, 1.82) is 0 Å². The summed E-state index contributed by atoms with van der Waals surface area (Å²) in [5.41, 5.74) is 0. The molecule has 0 aliphatic carbocycles. The molecule has 0 amide bonds. The minimum absolute atomic E-state index is 0.149. The summed E-state index contributed by atoms with van der Waals surface area (Å²) in [6, 6.07) is 0. The molecule has 0 aromatic carbocycles. The van der Waals surface area contributed by atoms with Crippen molar-refractivity contribution in [2.24, 2.45) is 0 Å². The summed E-state index contributed by atoms with van der Waals surface area (Å²) in [6.07, 6.45) is 60.3. The van der Waals surface area contributed by atoms with Crippen molar-refractivity contribution in [3.05, 3.63) is 12.2 Å². The van der Waals surface area contributed by atoms with Crippen LogP contribution in [-0.2, 0) is 33.3 Å². The Morgan fingerprint density at radius 1 is 0.408 bits per heavy atom. The van der Waals surface area contributed by atoms with Crippen molar-refractivity contribution in [3.8, 4) is 0 Å². The van der Waals surface area contributed by atoms with Gasteiger partial charge >= 0.3 is 11.9 Å². The van der Waals surface area contributed by atoms with Crippen LogP contribution in [-0.4, -0.2) is 82.3 Å². The molecule has 71 heavy (non-hydrogen) atoms. The zero-order valence-electron chi connectivity index (χ0n) is 47.9. The molecule has 0 fully saturated rings. The largest absolute Gasteiger partial charge is 0.545 e. The van der Waals surface area contributed by atoms with E-state index in [2.05, 4.69) is 26.0 Å². The monoisotopic (exact) mass is 1010 g/mol. The van der Waals surface area contributed by atoms with Crippen molar-refractivity contribution >= 4 is 17.9 Å². The van der Waals surface area contributed by atoms with Gasteiger partial charge in [0.25, 0.3) is 0 Å². The van der Waals surface area contributed by atoms with Crippen LogP contribution in [0.3, 0.4) is 0 Å². The maximum absolute atomic E-state index is 12.8. The van der Waals surface area contributed by atoms with Crippen LogP contribution in [0.25, 0.3) is 0 Å². The molecule has 2 unspecified atom stereocenters. The first kappa shape index (κ1) is 69.0. The lowest BCUT2D eigenvalue weighted by Crippen LogP contribution is -2.44. The predicted octanol–water partition coefficient (Wildman–Crippen LogP) is 16.8. The van der Waals surface area contributed by atoms with Gasteiger partial charge in [0.15, 0.2) is 12.4 Å². The molecule has 0 saturated heterocycles. The highest BCUT2D eigenvalue weighted by molar-refractivity contribution is 5.70. The number of ether oxygens (including phenoxy) is 4. The molecule has 0 aromatic rings. The zero-order valence-corrected chi connectivity index (χ0v) is 47.9. The number of esters is 2. The Hall–Kier alpha value is -1.97. The van der Waals surface area contributed by atoms with Gasteiger partial charge in [0.05, 0.1) is 40.3 Å². The highest BCUT2D eigenvalue weighted by atomic mass is 16.7. The van der Waals surface area contributed by atoms with E-state index >= 15 is 0 Å². The zero-order chi connectivity index (χ0) is 52.0. The van der Waals surface area contributed by atoms with Crippen LogP contribution >= 0.6 is 0 Å². The van der Waals surface area contributed by atoms with E-state index in [1.54, 1.807) is 0 Å². The third kappa shape index (κ3) is 55.6. The smallest absolute Gasteiger partial charge is 0.306 e. The highest BCUT2D eigenvalue weighted by Gasteiger charge is 2.22. The van der Waals surface area contributed by atoms with Crippen molar-refractivity contribution in [3.63, 3.8) is 0 Å². The number of carboxylic acid groups (broad SMARTS) is 1. The number of nitrogens with zero attached hydrogens (tertiary/aromatic N) is 1. The molecule has 0 saturated carbocycles. The third-order valence-electron chi connectivity index (χ3n) is 14.0. The molecule has 420 valence electrons. The number of hydrogen-bond donors (Lipinski definition) is 0. The van der Waals surface area contributed by atoms with Crippen molar-refractivity contribution < 1.29 is 42.9 Å². The number of carbonyl (C=O) groups is 3. The average molecular weight is 1010 g/mol. The summed E-state index contributed by atoms with van der Waals surface area (Å²) in [4.78, 5) is 37.1. The fourth-order valence-electron chi connectivity index (χ4n) is 9.23. The van der Waals surface area contributed by atoms with Gasteiger partial charge < -0.3 is 33.3 Å². The molecule has 9 nitrogen and oxygen atoms in total. The predicted molar refractivity (Wildman–Crippen MR) is 297 cm³/mol. The summed E-state index contributed by atoms with van der Waals surface area (Å²) < 4.78 is 22.6. The van der Waals surface area contributed by atoms with E-state index in [9.17, 15) is 19.5 Å². The maximum Gasteiger partial charge on any atom is 0.306 e. The molecule has 0 aliphatic heterocycles. The second-order valence-electron chi connectivity index (χ2n) is 22.4. The van der Waals surface area contributed by atoms with Crippen LogP contribution in [0.4, 0.5) is 0 Å². The van der Waals surface area contributed by atoms with E-state index in [4.69, 9.17) is 18.9 Å². The van der Waals surface area contributed by atoms with E-state index in [0.717, 1.165) is 57.8 Å². The Labute approximate surface area is 440 Å². The van der Waals surface area contributed by atoms with E-state index in [-0.39, 0.29) is 32.2 Å². The van der Waals surface area contributed by atoms with Gasteiger partial charge in [-0.05, 0) is 32.1 Å². The Bertz CT molecular complexity index is 1170. The van der Waals surface area contributed by atoms with Gasteiger partial charge in [-0.25, -0.2) is 0 Å². The molecule has 0 bridgehead atoms. The number of aliphatic carboxylic acids is 1. The lowest BCUT2D eigenvalue weighted by Gasteiger charge is -2.26. The lowest BCUT2D eigenvalue weighted by atomic mass is 10.0. The summed E-state index contributed by atoms with van der Waals surface area (Å²) in [5, 5.41) is 11.7. The molecule has 0 aliphatic rings. The van der Waals surface area contributed by atoms with Crippen molar-refractivity contribution in [2.45, 2.75) is 322 Å². The van der Waals surface area contributed by atoms with Gasteiger partial charge in [-0.2, -0.15) is 0 Å². The second-order valence-corrected chi connectivity index (χ2v) is 22.4. The fraction of sp³-hybridized carbons (Fsp3) is 0.919. The Morgan fingerprint density at radius 3 is 1.08 bits per heavy atom. The number of likely N-dealkylation sites (N-methyl/N-ethyl adjacent to an activating group) is 1. The topological polar surface area (TPSA) is 111 Å². The molecule has 0 spiro atoms. The van der Waals surface area contributed by atoms with Crippen molar-refractivity contribution in [1.82, 2.24) is 0 Å². The number of quaternary nitrogens is 1. The summed E-state index contributed by atoms with van der Waals surface area (Å²) in [5.74, 6) is -2.28. The minimum atomic E-state index is -1.62. The Morgan fingerprint density at radius 2 is 0.732 bits per heavy atom. The lowest BCUT2D eigenvalue weighted by molar-refractivity contribution is -0.870. The van der Waals surface area contributed by atoms with Crippen LogP contribution in [0.5, 0.6) is 0 Å². The van der Waals surface area contributed by atoms with E-state index in [1.165, 1.54) is 218 Å². The fourth-order valence-corrected chi connectivity index (χ4v) is 9.23. The molecule has 0 radical (unpaired) electrons. The average Bonchev–Trinajstić information content (AvgIpc) is 3.34. The molecule has 0 aromatic heterocycles. The van der Waals surface area contributed by atoms with Gasteiger partial charge in [-0.1, -0.05) is 276 Å². The van der Waals surface area contributed by atoms with Crippen LogP contribution in [0, 0.1) is 0 Å². The number of rotatable bonds is 58. The number of unbranched alkanes of at least 4 members (excludes halogenated alkanes) is 41. The third-order valence-corrected chi connectivity index (χ3v) is 14.0. The van der Waals surface area contributed by atoms with E-state index < -0.39 is 24.3 Å². The maximum atomic E-state index is 12.8. The molecule has 0 heterocycles. The minimum Gasteiger partial charge on any atom is -0.545 e. The number of allylic oxidation sites excluding steroid dienone is 2. The normalized spacial score (nSPS) is 12.7. The van der Waals surface area contributed by atoms with Crippen LogP contribution < -0.4 is 5.11 Å². The molecule has 9 heteroatoms. The van der Waals surface area contributed by atoms with Crippen LogP contribution in [0.15, 0.2) is 12.2 Å². The van der Waals surface area contributed by atoms with E-state index in [0.29, 0.717) is 23.9 Å². The SMILES string of the molecule is CCCC/C=C\CCCCCCCC(=O)OC(COC(=O)CCCCCCCCCCCCCCCCCCCCCCCCCCCCCCCCCCCCC)COC(OCC[N+](C)(C)C)C(=O)[O-]. The number of carboxylic acids is 1. The number of hydrogen-bond acceptors (Lipinski definition) is 8.